The third kappa shape index (κ3) is 3.62. The fraction of sp³-hybridized carbons (Fsp3) is 0.235. The fourth-order valence-corrected chi connectivity index (χ4v) is 2.64. The number of ether oxygens (including phenoxy) is 1. The summed E-state index contributed by atoms with van der Waals surface area (Å²) in [5.74, 6) is 1.54. The molecular formula is C17H16N4O2. The third-order valence-corrected chi connectivity index (χ3v) is 3.72. The summed E-state index contributed by atoms with van der Waals surface area (Å²) in [5, 5.41) is 3.57. The minimum Gasteiger partial charge on any atom is -0.457 e. The number of benzene rings is 2. The summed E-state index contributed by atoms with van der Waals surface area (Å²) in [6.07, 6.45) is 0.406. The van der Waals surface area contributed by atoms with E-state index < -0.39 is 0 Å². The first-order valence-electron chi connectivity index (χ1n) is 7.40. The second kappa shape index (κ2) is 6.85. The van der Waals surface area contributed by atoms with Gasteiger partial charge in [0.1, 0.15) is 11.5 Å². The molecular weight excluding hydrogens is 292 g/mol. The maximum absolute atomic E-state index is 12.2. The van der Waals surface area contributed by atoms with Crippen molar-refractivity contribution in [3.05, 3.63) is 65.0 Å². The summed E-state index contributed by atoms with van der Waals surface area (Å²) >= 11 is 0. The van der Waals surface area contributed by atoms with Crippen LogP contribution in [0.2, 0.25) is 0 Å². The van der Waals surface area contributed by atoms with E-state index in [0.717, 1.165) is 11.4 Å². The lowest BCUT2D eigenvalue weighted by Gasteiger charge is -2.17. The standard InChI is InChI=1S/C17H16N4O2/c18-20-19-11-13-9-17(22)21(12-13)14-5-4-8-16(10-14)23-15-6-2-1-3-7-15/h1-8,10,13H,9,11-12H2. The molecule has 0 aromatic heterocycles. The van der Waals surface area contributed by atoms with E-state index >= 15 is 0 Å². The molecule has 6 heteroatoms. The van der Waals surface area contributed by atoms with Crippen LogP contribution in [-0.2, 0) is 4.79 Å². The van der Waals surface area contributed by atoms with E-state index in [1.807, 2.05) is 54.6 Å². The Labute approximate surface area is 133 Å². The van der Waals surface area contributed by atoms with Crippen LogP contribution >= 0.6 is 0 Å². The molecule has 2 aromatic carbocycles. The van der Waals surface area contributed by atoms with Crippen molar-refractivity contribution in [2.45, 2.75) is 6.42 Å². The largest absolute Gasteiger partial charge is 0.457 e. The van der Waals surface area contributed by atoms with Crippen LogP contribution in [-0.4, -0.2) is 19.0 Å². The average molecular weight is 308 g/mol. The van der Waals surface area contributed by atoms with Gasteiger partial charge in [-0.2, -0.15) is 0 Å². The summed E-state index contributed by atoms with van der Waals surface area (Å²) < 4.78 is 5.80. The van der Waals surface area contributed by atoms with Crippen LogP contribution in [0.25, 0.3) is 10.4 Å². The number of hydrogen-bond acceptors (Lipinski definition) is 3. The van der Waals surface area contributed by atoms with Gasteiger partial charge in [-0.3, -0.25) is 4.79 Å². The quantitative estimate of drug-likeness (QED) is 0.472. The molecule has 1 aliphatic heterocycles. The normalized spacial score (nSPS) is 17.0. The van der Waals surface area contributed by atoms with Crippen LogP contribution in [0.3, 0.4) is 0 Å². The van der Waals surface area contributed by atoms with Gasteiger partial charge in [0.25, 0.3) is 0 Å². The molecule has 2 aromatic rings. The lowest BCUT2D eigenvalue weighted by molar-refractivity contribution is -0.117. The van der Waals surface area contributed by atoms with Crippen molar-refractivity contribution in [2.75, 3.05) is 18.0 Å². The zero-order chi connectivity index (χ0) is 16.1. The zero-order valence-corrected chi connectivity index (χ0v) is 12.5. The Kier molecular flexibility index (Phi) is 4.45. The highest BCUT2D eigenvalue weighted by atomic mass is 16.5. The van der Waals surface area contributed by atoms with Crippen molar-refractivity contribution in [1.82, 2.24) is 0 Å². The molecule has 0 bridgehead atoms. The first-order valence-corrected chi connectivity index (χ1v) is 7.40. The number of para-hydroxylation sites is 1. The highest BCUT2D eigenvalue weighted by Crippen LogP contribution is 2.30. The number of hydrogen-bond donors (Lipinski definition) is 0. The fourth-order valence-electron chi connectivity index (χ4n) is 2.64. The maximum Gasteiger partial charge on any atom is 0.227 e. The maximum atomic E-state index is 12.2. The van der Waals surface area contributed by atoms with Crippen molar-refractivity contribution in [3.8, 4) is 11.5 Å². The van der Waals surface area contributed by atoms with Crippen molar-refractivity contribution in [3.63, 3.8) is 0 Å². The minimum atomic E-state index is 0.0417. The van der Waals surface area contributed by atoms with Crippen LogP contribution in [0.1, 0.15) is 6.42 Å². The minimum absolute atomic E-state index is 0.0417. The van der Waals surface area contributed by atoms with Gasteiger partial charge in [-0.15, -0.1) is 0 Å². The molecule has 1 aliphatic rings. The molecule has 0 saturated carbocycles. The Bertz CT molecular complexity index is 741. The van der Waals surface area contributed by atoms with Gasteiger partial charge in [0.05, 0.1) is 0 Å². The van der Waals surface area contributed by atoms with Crippen LogP contribution in [0.4, 0.5) is 5.69 Å². The molecule has 116 valence electrons. The SMILES string of the molecule is [N-]=[N+]=NCC1CC(=O)N(c2cccc(Oc3ccccc3)c2)C1. The van der Waals surface area contributed by atoms with Crippen LogP contribution in [0.15, 0.2) is 59.7 Å². The van der Waals surface area contributed by atoms with Gasteiger partial charge in [0.2, 0.25) is 5.91 Å². The summed E-state index contributed by atoms with van der Waals surface area (Å²) in [6, 6.07) is 16.9. The topological polar surface area (TPSA) is 78.3 Å². The molecule has 1 unspecified atom stereocenters. The molecule has 0 aliphatic carbocycles. The summed E-state index contributed by atoms with van der Waals surface area (Å²) in [7, 11) is 0. The molecule has 1 saturated heterocycles. The number of nitrogens with zero attached hydrogens (tertiary/aromatic N) is 4. The highest BCUT2D eigenvalue weighted by Gasteiger charge is 2.30. The molecule has 1 fully saturated rings. The number of azide groups is 1. The second-order valence-corrected chi connectivity index (χ2v) is 5.40. The number of amides is 1. The summed E-state index contributed by atoms with van der Waals surface area (Å²) in [6.45, 7) is 0.908. The Balaban J connectivity index is 1.74. The molecule has 1 atom stereocenters. The van der Waals surface area contributed by atoms with E-state index in [0.29, 0.717) is 25.3 Å². The number of carbonyl (C=O) groups excluding carboxylic acids is 1. The predicted molar refractivity (Wildman–Crippen MR) is 87.4 cm³/mol. The van der Waals surface area contributed by atoms with E-state index in [1.165, 1.54) is 0 Å². The number of anilines is 1. The van der Waals surface area contributed by atoms with Gasteiger partial charge in [-0.1, -0.05) is 29.4 Å². The third-order valence-electron chi connectivity index (χ3n) is 3.72. The molecule has 3 rings (SSSR count). The molecule has 6 nitrogen and oxygen atoms in total. The van der Waals surface area contributed by atoms with Gasteiger partial charge in [0, 0.05) is 36.2 Å². The number of carbonyl (C=O) groups is 1. The summed E-state index contributed by atoms with van der Waals surface area (Å²) in [4.78, 5) is 16.6. The van der Waals surface area contributed by atoms with Crippen molar-refractivity contribution < 1.29 is 9.53 Å². The first-order chi connectivity index (χ1) is 11.3. The van der Waals surface area contributed by atoms with Crippen molar-refractivity contribution >= 4 is 11.6 Å². The van der Waals surface area contributed by atoms with Gasteiger partial charge < -0.3 is 9.64 Å². The molecule has 1 amide bonds. The van der Waals surface area contributed by atoms with Gasteiger partial charge in [0.15, 0.2) is 0 Å². The molecule has 1 heterocycles. The van der Waals surface area contributed by atoms with E-state index in [9.17, 15) is 4.79 Å². The Morgan fingerprint density at radius 3 is 2.74 bits per heavy atom. The van der Waals surface area contributed by atoms with Crippen LogP contribution in [0, 0.1) is 5.92 Å². The van der Waals surface area contributed by atoms with Gasteiger partial charge in [-0.05, 0) is 35.7 Å². The zero-order valence-electron chi connectivity index (χ0n) is 12.5. The average Bonchev–Trinajstić information content (AvgIpc) is 2.95. The van der Waals surface area contributed by atoms with Gasteiger partial charge in [-0.25, -0.2) is 0 Å². The molecule has 0 N–H and O–H groups in total. The lowest BCUT2D eigenvalue weighted by atomic mass is 10.1. The first kappa shape index (κ1) is 14.9. The van der Waals surface area contributed by atoms with Crippen molar-refractivity contribution in [2.24, 2.45) is 11.0 Å². The molecule has 23 heavy (non-hydrogen) atoms. The van der Waals surface area contributed by atoms with Crippen LogP contribution < -0.4 is 9.64 Å². The van der Waals surface area contributed by atoms with Gasteiger partial charge >= 0.3 is 0 Å². The van der Waals surface area contributed by atoms with Crippen LogP contribution in [0.5, 0.6) is 11.5 Å². The highest BCUT2D eigenvalue weighted by molar-refractivity contribution is 5.95. The monoisotopic (exact) mass is 308 g/mol. The smallest absolute Gasteiger partial charge is 0.227 e. The molecule has 0 radical (unpaired) electrons. The Hall–Kier alpha value is -2.98. The Morgan fingerprint density at radius 1 is 1.17 bits per heavy atom. The van der Waals surface area contributed by atoms with E-state index in [2.05, 4.69) is 10.0 Å². The second-order valence-electron chi connectivity index (χ2n) is 5.40. The lowest BCUT2D eigenvalue weighted by Crippen LogP contribution is -2.24. The van der Waals surface area contributed by atoms with E-state index in [-0.39, 0.29) is 11.8 Å². The summed E-state index contributed by atoms with van der Waals surface area (Å²) in [5.41, 5.74) is 9.19. The van der Waals surface area contributed by atoms with Crippen molar-refractivity contribution in [1.29, 1.82) is 0 Å². The Morgan fingerprint density at radius 2 is 1.96 bits per heavy atom. The van der Waals surface area contributed by atoms with E-state index in [1.54, 1.807) is 4.90 Å². The number of rotatable bonds is 5. The predicted octanol–water partition coefficient (Wildman–Crippen LogP) is 4.14. The van der Waals surface area contributed by atoms with E-state index in [4.69, 9.17) is 10.3 Å². The molecule has 0 spiro atoms.